The summed E-state index contributed by atoms with van der Waals surface area (Å²) in [5.41, 5.74) is 0.955. The molecule has 2 amide bonds. The lowest BCUT2D eigenvalue weighted by atomic mass is 10.1. The molecule has 0 atom stereocenters. The molecule has 1 aromatic heterocycles. The quantitative estimate of drug-likeness (QED) is 0.855. The molecule has 120 valence electrons. The first kappa shape index (κ1) is 16.0. The summed E-state index contributed by atoms with van der Waals surface area (Å²) in [5.74, 6) is 0.153. The fraction of sp³-hybridized carbons (Fsp3) is 0.294. The maximum Gasteiger partial charge on any atom is 0.264 e. The highest BCUT2D eigenvalue weighted by Gasteiger charge is 2.25. The van der Waals surface area contributed by atoms with Crippen molar-refractivity contribution in [3.63, 3.8) is 0 Å². The van der Waals surface area contributed by atoms with E-state index in [-0.39, 0.29) is 11.8 Å². The number of benzene rings is 1. The maximum atomic E-state index is 12.3. The molecule has 2 aromatic rings. The molecule has 23 heavy (non-hydrogen) atoms. The summed E-state index contributed by atoms with van der Waals surface area (Å²) in [5, 5.41) is 2.57. The fourth-order valence-electron chi connectivity index (χ4n) is 2.60. The zero-order valence-corrected chi connectivity index (χ0v) is 14.1. The summed E-state index contributed by atoms with van der Waals surface area (Å²) in [6, 6.07) is 11.0. The van der Waals surface area contributed by atoms with E-state index in [9.17, 15) is 9.59 Å². The largest absolute Gasteiger partial charge is 0.339 e. The van der Waals surface area contributed by atoms with Crippen LogP contribution in [0.3, 0.4) is 0 Å². The number of rotatable bonds is 3. The van der Waals surface area contributed by atoms with Crippen LogP contribution < -0.4 is 0 Å². The van der Waals surface area contributed by atoms with Gasteiger partial charge in [0.15, 0.2) is 0 Å². The Morgan fingerprint density at radius 3 is 2.26 bits per heavy atom. The van der Waals surface area contributed by atoms with Crippen LogP contribution in [0.5, 0.6) is 0 Å². The van der Waals surface area contributed by atoms with Crippen LogP contribution in [0.15, 0.2) is 41.8 Å². The van der Waals surface area contributed by atoms with E-state index >= 15 is 0 Å². The summed E-state index contributed by atoms with van der Waals surface area (Å²) < 4.78 is 0. The van der Waals surface area contributed by atoms with Gasteiger partial charge in [0.25, 0.3) is 5.91 Å². The minimum absolute atomic E-state index is 0.0600. The van der Waals surface area contributed by atoms with Gasteiger partial charge in [-0.1, -0.05) is 29.8 Å². The van der Waals surface area contributed by atoms with E-state index < -0.39 is 0 Å². The summed E-state index contributed by atoms with van der Waals surface area (Å²) in [6.45, 7) is 2.35. The molecule has 1 aliphatic rings. The molecule has 0 aliphatic carbocycles. The fourth-order valence-corrected chi connectivity index (χ4v) is 3.42. The maximum absolute atomic E-state index is 12.3. The van der Waals surface area contributed by atoms with Crippen LogP contribution in [0.1, 0.15) is 15.2 Å². The molecule has 1 aliphatic heterocycles. The molecule has 6 heteroatoms. The Balaban J connectivity index is 1.53. The van der Waals surface area contributed by atoms with Crippen molar-refractivity contribution in [2.45, 2.75) is 6.42 Å². The van der Waals surface area contributed by atoms with E-state index in [4.69, 9.17) is 11.6 Å². The Morgan fingerprint density at radius 1 is 1.00 bits per heavy atom. The van der Waals surface area contributed by atoms with Gasteiger partial charge in [0.1, 0.15) is 0 Å². The lowest BCUT2D eigenvalue weighted by Gasteiger charge is -2.34. The third-order valence-electron chi connectivity index (χ3n) is 3.92. The summed E-state index contributed by atoms with van der Waals surface area (Å²) in [4.78, 5) is 29.0. The monoisotopic (exact) mass is 348 g/mol. The summed E-state index contributed by atoms with van der Waals surface area (Å²) in [7, 11) is 0. The SMILES string of the molecule is O=C(Cc1ccc(Cl)cc1)N1CCN(C(=O)c2cccs2)CC1. The molecular weight excluding hydrogens is 332 g/mol. The molecule has 4 nitrogen and oxygen atoms in total. The zero-order chi connectivity index (χ0) is 16.2. The molecule has 1 saturated heterocycles. The number of amides is 2. The van der Waals surface area contributed by atoms with Crippen LogP contribution in [-0.2, 0) is 11.2 Å². The number of halogens is 1. The Morgan fingerprint density at radius 2 is 1.65 bits per heavy atom. The summed E-state index contributed by atoms with van der Waals surface area (Å²) in [6.07, 6.45) is 0.371. The smallest absolute Gasteiger partial charge is 0.264 e. The topological polar surface area (TPSA) is 40.6 Å². The van der Waals surface area contributed by atoms with Gasteiger partial charge in [-0.05, 0) is 29.1 Å². The van der Waals surface area contributed by atoms with Gasteiger partial charge in [0, 0.05) is 31.2 Å². The molecule has 0 N–H and O–H groups in total. The van der Waals surface area contributed by atoms with Crippen LogP contribution >= 0.6 is 22.9 Å². The molecule has 0 bridgehead atoms. The molecule has 0 radical (unpaired) electrons. The van der Waals surface area contributed by atoms with E-state index in [0.29, 0.717) is 37.6 Å². The second kappa shape index (κ2) is 7.15. The first-order chi connectivity index (χ1) is 11.1. The number of carbonyl (C=O) groups excluding carboxylic acids is 2. The number of hydrogen-bond acceptors (Lipinski definition) is 3. The van der Waals surface area contributed by atoms with E-state index in [1.807, 2.05) is 39.4 Å². The van der Waals surface area contributed by atoms with Crippen molar-refractivity contribution in [1.29, 1.82) is 0 Å². The lowest BCUT2D eigenvalue weighted by Crippen LogP contribution is -2.50. The van der Waals surface area contributed by atoms with Gasteiger partial charge >= 0.3 is 0 Å². The van der Waals surface area contributed by atoms with Gasteiger partial charge in [-0.25, -0.2) is 0 Å². The first-order valence-corrected chi connectivity index (χ1v) is 8.74. The van der Waals surface area contributed by atoms with Crippen molar-refractivity contribution in [3.05, 3.63) is 57.2 Å². The Kier molecular flexibility index (Phi) is 4.98. The predicted octanol–water partition coefficient (Wildman–Crippen LogP) is 2.93. The number of nitrogens with zero attached hydrogens (tertiary/aromatic N) is 2. The van der Waals surface area contributed by atoms with E-state index in [1.54, 1.807) is 12.1 Å². The number of carbonyl (C=O) groups is 2. The molecular formula is C17H17ClN2O2S. The Hall–Kier alpha value is -1.85. The second-order valence-electron chi connectivity index (χ2n) is 5.45. The van der Waals surface area contributed by atoms with Crippen LogP contribution in [0.2, 0.25) is 5.02 Å². The molecule has 1 fully saturated rings. The Bertz CT molecular complexity index is 677. The second-order valence-corrected chi connectivity index (χ2v) is 6.84. The molecule has 0 unspecified atom stereocenters. The highest BCUT2D eigenvalue weighted by molar-refractivity contribution is 7.12. The standard InChI is InChI=1S/C17H17ClN2O2S/c18-14-5-3-13(4-6-14)12-16(21)19-7-9-20(10-8-19)17(22)15-2-1-11-23-15/h1-6,11H,7-10,12H2. The predicted molar refractivity (Wildman–Crippen MR) is 92.0 cm³/mol. The highest BCUT2D eigenvalue weighted by atomic mass is 35.5. The normalized spacial score (nSPS) is 14.8. The average Bonchev–Trinajstić information content (AvgIpc) is 3.11. The molecule has 0 spiro atoms. The molecule has 0 saturated carbocycles. The number of piperazine rings is 1. The van der Waals surface area contributed by atoms with Gasteiger partial charge < -0.3 is 9.80 Å². The highest BCUT2D eigenvalue weighted by Crippen LogP contribution is 2.15. The van der Waals surface area contributed by atoms with Crippen molar-refractivity contribution < 1.29 is 9.59 Å². The molecule has 2 heterocycles. The van der Waals surface area contributed by atoms with Gasteiger partial charge in [0.05, 0.1) is 11.3 Å². The van der Waals surface area contributed by atoms with Gasteiger partial charge in [-0.15, -0.1) is 11.3 Å². The van der Waals surface area contributed by atoms with Gasteiger partial charge in [-0.2, -0.15) is 0 Å². The third kappa shape index (κ3) is 3.92. The van der Waals surface area contributed by atoms with Crippen LogP contribution in [0.25, 0.3) is 0 Å². The first-order valence-electron chi connectivity index (χ1n) is 7.48. The molecule has 3 rings (SSSR count). The van der Waals surface area contributed by atoms with Crippen LogP contribution in [0, 0.1) is 0 Å². The van der Waals surface area contributed by atoms with Crippen molar-refractivity contribution in [1.82, 2.24) is 9.80 Å². The van der Waals surface area contributed by atoms with Crippen LogP contribution in [-0.4, -0.2) is 47.8 Å². The van der Waals surface area contributed by atoms with Crippen molar-refractivity contribution >= 4 is 34.8 Å². The van der Waals surface area contributed by atoms with Crippen LogP contribution in [0.4, 0.5) is 0 Å². The van der Waals surface area contributed by atoms with Crippen molar-refractivity contribution in [2.75, 3.05) is 26.2 Å². The summed E-state index contributed by atoms with van der Waals surface area (Å²) >= 11 is 7.31. The zero-order valence-electron chi connectivity index (χ0n) is 12.6. The number of hydrogen-bond donors (Lipinski definition) is 0. The Labute approximate surface area is 144 Å². The lowest BCUT2D eigenvalue weighted by molar-refractivity contribution is -0.131. The molecule has 1 aromatic carbocycles. The van der Waals surface area contributed by atoms with E-state index in [1.165, 1.54) is 11.3 Å². The van der Waals surface area contributed by atoms with Crippen molar-refractivity contribution in [2.24, 2.45) is 0 Å². The average molecular weight is 349 g/mol. The van der Waals surface area contributed by atoms with Gasteiger partial charge in [-0.3, -0.25) is 9.59 Å². The van der Waals surface area contributed by atoms with E-state index in [0.717, 1.165) is 10.4 Å². The number of thiophene rings is 1. The van der Waals surface area contributed by atoms with Gasteiger partial charge in [0.2, 0.25) is 5.91 Å². The third-order valence-corrected chi connectivity index (χ3v) is 5.03. The van der Waals surface area contributed by atoms with E-state index in [2.05, 4.69) is 0 Å². The van der Waals surface area contributed by atoms with Crippen molar-refractivity contribution in [3.8, 4) is 0 Å². The minimum atomic E-state index is 0.0600. The minimum Gasteiger partial charge on any atom is -0.339 e.